The topological polar surface area (TPSA) is 12.0 Å². The Labute approximate surface area is 82.3 Å². The molecule has 1 rings (SSSR count). The molecule has 0 aliphatic carbocycles. The third-order valence-electron chi connectivity index (χ3n) is 1.73. The summed E-state index contributed by atoms with van der Waals surface area (Å²) in [6.45, 7) is 3.12. The lowest BCUT2D eigenvalue weighted by Crippen LogP contribution is -2.26. The van der Waals surface area contributed by atoms with Crippen LogP contribution in [0.25, 0.3) is 0 Å². The van der Waals surface area contributed by atoms with Crippen LogP contribution in [-0.2, 0) is 6.54 Å². The zero-order chi connectivity index (χ0) is 8.81. The van der Waals surface area contributed by atoms with E-state index < -0.39 is 0 Å². The monoisotopic (exact) mass is 227 g/mol. The molecule has 66 valence electrons. The number of halogens is 1. The fraction of sp³-hybridized carbons (Fsp3) is 0.400. The Morgan fingerprint density at radius 2 is 2.00 bits per heavy atom. The van der Waals surface area contributed by atoms with Crippen molar-refractivity contribution in [2.24, 2.45) is 0 Å². The second-order valence-electron chi connectivity index (χ2n) is 2.92. The summed E-state index contributed by atoms with van der Waals surface area (Å²) in [6, 6.07) is 11.0. The SMILES string of the molecule is CC(CBr)NCc1ccccc1. The number of hydrogen-bond donors (Lipinski definition) is 1. The number of rotatable bonds is 4. The first-order valence-electron chi connectivity index (χ1n) is 4.16. The van der Waals surface area contributed by atoms with Gasteiger partial charge >= 0.3 is 0 Å². The van der Waals surface area contributed by atoms with E-state index in [-0.39, 0.29) is 0 Å². The highest BCUT2D eigenvalue weighted by molar-refractivity contribution is 9.09. The van der Waals surface area contributed by atoms with Crippen LogP contribution in [0.3, 0.4) is 0 Å². The smallest absolute Gasteiger partial charge is 0.0208 e. The maximum Gasteiger partial charge on any atom is 0.0208 e. The van der Waals surface area contributed by atoms with E-state index in [0.717, 1.165) is 11.9 Å². The number of nitrogens with one attached hydrogen (secondary N) is 1. The van der Waals surface area contributed by atoms with E-state index >= 15 is 0 Å². The highest BCUT2D eigenvalue weighted by Gasteiger charge is 1.97. The summed E-state index contributed by atoms with van der Waals surface area (Å²) in [5.41, 5.74) is 1.34. The fourth-order valence-electron chi connectivity index (χ4n) is 0.942. The van der Waals surface area contributed by atoms with Crippen molar-refractivity contribution >= 4 is 15.9 Å². The molecule has 1 nitrogen and oxygen atoms in total. The molecule has 0 aromatic heterocycles. The predicted octanol–water partition coefficient (Wildman–Crippen LogP) is 2.56. The number of alkyl halides is 1. The molecule has 12 heavy (non-hydrogen) atoms. The molecule has 1 aromatic rings. The molecule has 1 unspecified atom stereocenters. The summed E-state index contributed by atoms with van der Waals surface area (Å²) >= 11 is 3.43. The van der Waals surface area contributed by atoms with Gasteiger partial charge in [-0.15, -0.1) is 0 Å². The summed E-state index contributed by atoms with van der Waals surface area (Å²) in [5.74, 6) is 0. The maximum atomic E-state index is 3.43. The lowest BCUT2D eigenvalue weighted by Gasteiger charge is -2.09. The van der Waals surface area contributed by atoms with Crippen LogP contribution in [0.5, 0.6) is 0 Å². The van der Waals surface area contributed by atoms with Gasteiger partial charge in [0.15, 0.2) is 0 Å². The first kappa shape index (κ1) is 9.75. The fourth-order valence-corrected chi connectivity index (χ4v) is 1.17. The molecule has 0 radical (unpaired) electrons. The van der Waals surface area contributed by atoms with Crippen molar-refractivity contribution in [3.8, 4) is 0 Å². The van der Waals surface area contributed by atoms with E-state index in [1.54, 1.807) is 0 Å². The van der Waals surface area contributed by atoms with Gasteiger partial charge in [0, 0.05) is 17.9 Å². The van der Waals surface area contributed by atoms with Crippen molar-refractivity contribution in [3.05, 3.63) is 35.9 Å². The Bertz CT molecular complexity index is 210. The molecule has 0 saturated carbocycles. The van der Waals surface area contributed by atoms with E-state index in [4.69, 9.17) is 0 Å². The summed E-state index contributed by atoms with van der Waals surface area (Å²) < 4.78 is 0. The average molecular weight is 228 g/mol. The average Bonchev–Trinajstić information content (AvgIpc) is 2.16. The van der Waals surface area contributed by atoms with E-state index in [1.165, 1.54) is 5.56 Å². The van der Waals surface area contributed by atoms with Gasteiger partial charge in [-0.3, -0.25) is 0 Å². The van der Waals surface area contributed by atoms with Crippen LogP contribution < -0.4 is 5.32 Å². The molecule has 1 atom stereocenters. The van der Waals surface area contributed by atoms with Gasteiger partial charge in [-0.05, 0) is 12.5 Å². The molecule has 0 aliphatic rings. The molecule has 0 saturated heterocycles. The molecular weight excluding hydrogens is 214 g/mol. The summed E-state index contributed by atoms with van der Waals surface area (Å²) in [5, 5.41) is 4.40. The molecule has 2 heteroatoms. The zero-order valence-electron chi connectivity index (χ0n) is 7.26. The van der Waals surface area contributed by atoms with Crippen LogP contribution in [0.15, 0.2) is 30.3 Å². The van der Waals surface area contributed by atoms with Crippen molar-refractivity contribution < 1.29 is 0 Å². The third-order valence-corrected chi connectivity index (χ3v) is 2.70. The van der Waals surface area contributed by atoms with Gasteiger partial charge in [0.05, 0.1) is 0 Å². The number of hydrogen-bond acceptors (Lipinski definition) is 1. The highest BCUT2D eigenvalue weighted by Crippen LogP contribution is 1.98. The predicted molar refractivity (Wildman–Crippen MR) is 56.5 cm³/mol. The molecule has 0 fully saturated rings. The molecule has 0 bridgehead atoms. The first-order chi connectivity index (χ1) is 5.83. The summed E-state index contributed by atoms with van der Waals surface area (Å²) in [7, 11) is 0. The molecular formula is C10H14BrN. The highest BCUT2D eigenvalue weighted by atomic mass is 79.9. The zero-order valence-corrected chi connectivity index (χ0v) is 8.84. The van der Waals surface area contributed by atoms with Gasteiger partial charge in [0.1, 0.15) is 0 Å². The van der Waals surface area contributed by atoms with E-state index in [9.17, 15) is 0 Å². The molecule has 0 amide bonds. The molecule has 0 aliphatic heterocycles. The Balaban J connectivity index is 2.33. The Morgan fingerprint density at radius 3 is 2.58 bits per heavy atom. The minimum Gasteiger partial charge on any atom is -0.309 e. The molecule has 0 heterocycles. The van der Waals surface area contributed by atoms with Gasteiger partial charge in [0.25, 0.3) is 0 Å². The molecule has 0 spiro atoms. The van der Waals surface area contributed by atoms with Crippen LogP contribution in [0.1, 0.15) is 12.5 Å². The quantitative estimate of drug-likeness (QED) is 0.781. The van der Waals surface area contributed by atoms with Crippen molar-refractivity contribution in [2.45, 2.75) is 19.5 Å². The second-order valence-corrected chi connectivity index (χ2v) is 3.57. The minimum atomic E-state index is 0.533. The molecule has 1 N–H and O–H groups in total. The number of benzene rings is 1. The van der Waals surface area contributed by atoms with Gasteiger partial charge in [-0.1, -0.05) is 46.3 Å². The minimum absolute atomic E-state index is 0.533. The van der Waals surface area contributed by atoms with Gasteiger partial charge in [-0.25, -0.2) is 0 Å². The Kier molecular flexibility index (Phi) is 4.33. The van der Waals surface area contributed by atoms with Crippen molar-refractivity contribution in [3.63, 3.8) is 0 Å². The van der Waals surface area contributed by atoms with E-state index in [0.29, 0.717) is 6.04 Å². The standard InChI is InChI=1S/C10H14BrN/c1-9(7-11)12-8-10-5-3-2-4-6-10/h2-6,9,12H,7-8H2,1H3. The van der Waals surface area contributed by atoms with Gasteiger partial charge in [0.2, 0.25) is 0 Å². The van der Waals surface area contributed by atoms with Crippen LogP contribution in [0.2, 0.25) is 0 Å². The lowest BCUT2D eigenvalue weighted by molar-refractivity contribution is 0.598. The third kappa shape index (κ3) is 3.37. The van der Waals surface area contributed by atoms with Crippen LogP contribution >= 0.6 is 15.9 Å². The first-order valence-corrected chi connectivity index (χ1v) is 5.28. The lowest BCUT2D eigenvalue weighted by atomic mass is 10.2. The maximum absolute atomic E-state index is 3.43. The van der Waals surface area contributed by atoms with Crippen molar-refractivity contribution in [1.82, 2.24) is 5.32 Å². The van der Waals surface area contributed by atoms with Crippen LogP contribution in [0, 0.1) is 0 Å². The largest absolute Gasteiger partial charge is 0.309 e. The van der Waals surface area contributed by atoms with E-state index in [2.05, 4.69) is 52.4 Å². The van der Waals surface area contributed by atoms with Gasteiger partial charge in [-0.2, -0.15) is 0 Å². The summed E-state index contributed by atoms with van der Waals surface area (Å²) in [6.07, 6.45) is 0. The van der Waals surface area contributed by atoms with Crippen molar-refractivity contribution in [1.29, 1.82) is 0 Å². The second kappa shape index (κ2) is 5.33. The normalized spacial score (nSPS) is 12.8. The van der Waals surface area contributed by atoms with Crippen LogP contribution in [-0.4, -0.2) is 11.4 Å². The van der Waals surface area contributed by atoms with Crippen LogP contribution in [0.4, 0.5) is 0 Å². The molecule has 1 aromatic carbocycles. The van der Waals surface area contributed by atoms with Gasteiger partial charge < -0.3 is 5.32 Å². The Hall–Kier alpha value is -0.340. The van der Waals surface area contributed by atoms with E-state index in [1.807, 2.05) is 6.07 Å². The Morgan fingerprint density at radius 1 is 1.33 bits per heavy atom. The van der Waals surface area contributed by atoms with Crippen molar-refractivity contribution in [2.75, 3.05) is 5.33 Å². The summed E-state index contributed by atoms with van der Waals surface area (Å²) in [4.78, 5) is 0.